The zero-order valence-corrected chi connectivity index (χ0v) is 19.4. The molecule has 0 bridgehead atoms. The van der Waals surface area contributed by atoms with Gasteiger partial charge in [0.25, 0.3) is 5.56 Å². The normalized spacial score (nSPS) is 16.8. The zero-order valence-electron chi connectivity index (χ0n) is 18.6. The molecule has 1 fully saturated rings. The smallest absolute Gasteiger partial charge is 0.262 e. The summed E-state index contributed by atoms with van der Waals surface area (Å²) in [4.78, 5) is 32.8. The largest absolute Gasteiger partial charge is 0.378 e. The first-order valence-corrected chi connectivity index (χ1v) is 11.7. The molecule has 0 radical (unpaired) electrons. The van der Waals surface area contributed by atoms with Crippen molar-refractivity contribution in [2.24, 2.45) is 0 Å². The second-order valence-corrected chi connectivity index (χ2v) is 9.46. The van der Waals surface area contributed by atoms with E-state index in [2.05, 4.69) is 5.32 Å². The summed E-state index contributed by atoms with van der Waals surface area (Å²) >= 11 is 1.29. The highest BCUT2D eigenvalue weighted by molar-refractivity contribution is 8.00. The van der Waals surface area contributed by atoms with Crippen LogP contribution in [-0.2, 0) is 16.1 Å². The van der Waals surface area contributed by atoms with Crippen molar-refractivity contribution < 1.29 is 9.53 Å². The lowest BCUT2D eigenvalue weighted by Crippen LogP contribution is -2.30. The van der Waals surface area contributed by atoms with Crippen molar-refractivity contribution in [3.63, 3.8) is 0 Å². The zero-order chi connectivity index (χ0) is 22.7. The summed E-state index contributed by atoms with van der Waals surface area (Å²) in [5.41, 5.74) is 2.33. The number of hydrogen-bond acceptors (Lipinski definition) is 6. The SMILES string of the molecule is CC(Sc1nc2ccccc2c(=O)n1CC1CCCO1)C(=O)Nc1ccc(N(C)C)cc1. The third-order valence-electron chi connectivity index (χ3n) is 5.54. The Kier molecular flexibility index (Phi) is 6.81. The van der Waals surface area contributed by atoms with Crippen LogP contribution in [0.3, 0.4) is 0 Å². The number of anilines is 2. The number of amides is 1. The van der Waals surface area contributed by atoms with Crippen LogP contribution in [0, 0.1) is 0 Å². The highest BCUT2D eigenvalue weighted by Gasteiger charge is 2.23. The third kappa shape index (κ3) is 4.97. The van der Waals surface area contributed by atoms with E-state index in [0.717, 1.165) is 24.2 Å². The van der Waals surface area contributed by atoms with E-state index in [4.69, 9.17) is 9.72 Å². The first kappa shape index (κ1) is 22.4. The van der Waals surface area contributed by atoms with Gasteiger partial charge in [-0.1, -0.05) is 23.9 Å². The molecule has 1 saturated heterocycles. The molecule has 168 valence electrons. The van der Waals surface area contributed by atoms with Crippen molar-refractivity contribution in [3.8, 4) is 0 Å². The van der Waals surface area contributed by atoms with Crippen molar-refractivity contribution in [1.29, 1.82) is 0 Å². The molecule has 4 rings (SSSR count). The Morgan fingerprint density at radius 1 is 1.25 bits per heavy atom. The molecule has 1 aliphatic heterocycles. The van der Waals surface area contributed by atoms with E-state index in [1.807, 2.05) is 68.4 Å². The molecular formula is C24H28N4O3S. The van der Waals surface area contributed by atoms with Crippen LogP contribution >= 0.6 is 11.8 Å². The Morgan fingerprint density at radius 2 is 2.00 bits per heavy atom. The van der Waals surface area contributed by atoms with Crippen molar-refractivity contribution in [3.05, 3.63) is 58.9 Å². The van der Waals surface area contributed by atoms with Gasteiger partial charge < -0.3 is 15.0 Å². The van der Waals surface area contributed by atoms with Gasteiger partial charge in [0.2, 0.25) is 5.91 Å². The lowest BCUT2D eigenvalue weighted by Gasteiger charge is -2.19. The molecule has 1 aromatic heterocycles. The number of aromatic nitrogens is 2. The minimum atomic E-state index is -0.438. The minimum absolute atomic E-state index is 0.00523. The van der Waals surface area contributed by atoms with Gasteiger partial charge in [0.15, 0.2) is 5.16 Å². The van der Waals surface area contributed by atoms with Crippen LogP contribution < -0.4 is 15.8 Å². The van der Waals surface area contributed by atoms with Crippen molar-refractivity contribution in [2.45, 2.75) is 42.8 Å². The molecule has 1 aliphatic rings. The maximum Gasteiger partial charge on any atom is 0.262 e. The molecule has 3 aromatic rings. The molecule has 7 nitrogen and oxygen atoms in total. The number of nitrogens with one attached hydrogen (secondary N) is 1. The van der Waals surface area contributed by atoms with Crippen molar-refractivity contribution in [2.75, 3.05) is 30.9 Å². The number of rotatable bonds is 7. The van der Waals surface area contributed by atoms with Gasteiger partial charge in [-0.3, -0.25) is 14.2 Å². The van der Waals surface area contributed by atoms with E-state index in [9.17, 15) is 9.59 Å². The van der Waals surface area contributed by atoms with Gasteiger partial charge in [0.1, 0.15) is 0 Å². The summed E-state index contributed by atoms with van der Waals surface area (Å²) in [5.74, 6) is -0.140. The molecule has 1 N–H and O–H groups in total. The Bertz CT molecular complexity index is 1150. The van der Waals surface area contributed by atoms with Crippen LogP contribution in [-0.4, -0.2) is 47.5 Å². The number of carbonyl (C=O) groups excluding carboxylic acids is 1. The quantitative estimate of drug-likeness (QED) is 0.435. The van der Waals surface area contributed by atoms with Crippen molar-refractivity contribution >= 4 is 39.9 Å². The Hall–Kier alpha value is -2.84. The number of para-hydroxylation sites is 1. The van der Waals surface area contributed by atoms with Crippen LogP contribution in [0.25, 0.3) is 10.9 Å². The second kappa shape index (κ2) is 9.75. The summed E-state index contributed by atoms with van der Waals surface area (Å²) in [5, 5.41) is 3.63. The Morgan fingerprint density at radius 3 is 2.69 bits per heavy atom. The topological polar surface area (TPSA) is 76.5 Å². The maximum absolute atomic E-state index is 13.2. The summed E-state index contributed by atoms with van der Waals surface area (Å²) < 4.78 is 7.42. The highest BCUT2D eigenvalue weighted by Crippen LogP contribution is 2.25. The predicted molar refractivity (Wildman–Crippen MR) is 130 cm³/mol. The molecule has 0 aliphatic carbocycles. The number of thioether (sulfide) groups is 1. The lowest BCUT2D eigenvalue weighted by atomic mass is 10.2. The van der Waals surface area contributed by atoms with Gasteiger partial charge in [-0.2, -0.15) is 0 Å². The Balaban J connectivity index is 1.56. The van der Waals surface area contributed by atoms with Gasteiger partial charge in [-0.25, -0.2) is 4.98 Å². The number of nitrogens with zero attached hydrogens (tertiary/aromatic N) is 3. The number of ether oxygens (including phenoxy) is 1. The molecule has 2 unspecified atom stereocenters. The summed E-state index contributed by atoms with van der Waals surface area (Å²) in [6, 6.07) is 15.0. The van der Waals surface area contributed by atoms with Gasteiger partial charge in [0.05, 0.1) is 28.8 Å². The van der Waals surface area contributed by atoms with Gasteiger partial charge in [0, 0.05) is 32.1 Å². The maximum atomic E-state index is 13.2. The monoisotopic (exact) mass is 452 g/mol. The predicted octanol–water partition coefficient (Wildman–Crippen LogP) is 3.76. The lowest BCUT2D eigenvalue weighted by molar-refractivity contribution is -0.115. The first-order valence-electron chi connectivity index (χ1n) is 10.8. The number of benzene rings is 2. The van der Waals surface area contributed by atoms with Gasteiger partial charge in [-0.05, 0) is 56.2 Å². The van der Waals surface area contributed by atoms with E-state index in [1.165, 1.54) is 11.8 Å². The fraction of sp³-hybridized carbons (Fsp3) is 0.375. The van der Waals surface area contributed by atoms with Crippen LogP contribution in [0.15, 0.2) is 58.5 Å². The minimum Gasteiger partial charge on any atom is -0.378 e. The van der Waals surface area contributed by atoms with E-state index in [1.54, 1.807) is 10.6 Å². The van der Waals surface area contributed by atoms with Crippen LogP contribution in [0.1, 0.15) is 19.8 Å². The average Bonchev–Trinajstić information content (AvgIpc) is 3.30. The standard InChI is InChI=1S/C24H28N4O3S/c1-16(22(29)25-17-10-12-18(13-11-17)27(2)3)32-24-26-21-9-5-4-8-20(21)23(30)28(24)15-19-7-6-14-31-19/h4-5,8-13,16,19H,6-7,14-15H2,1-3H3,(H,25,29). The molecular weight excluding hydrogens is 424 g/mol. The fourth-order valence-electron chi connectivity index (χ4n) is 3.69. The molecule has 8 heteroatoms. The van der Waals surface area contributed by atoms with Crippen LogP contribution in [0.4, 0.5) is 11.4 Å². The van der Waals surface area contributed by atoms with E-state index < -0.39 is 5.25 Å². The van der Waals surface area contributed by atoms with Gasteiger partial charge >= 0.3 is 0 Å². The molecule has 2 heterocycles. The van der Waals surface area contributed by atoms with Crippen LogP contribution in [0.2, 0.25) is 0 Å². The van der Waals surface area contributed by atoms with Crippen LogP contribution in [0.5, 0.6) is 0 Å². The summed E-state index contributed by atoms with van der Waals surface area (Å²) in [6.07, 6.45) is 1.91. The highest BCUT2D eigenvalue weighted by atomic mass is 32.2. The third-order valence-corrected chi connectivity index (χ3v) is 6.63. The fourth-order valence-corrected chi connectivity index (χ4v) is 4.61. The average molecular weight is 453 g/mol. The summed E-state index contributed by atoms with van der Waals surface area (Å²) in [6.45, 7) is 2.99. The molecule has 2 aromatic carbocycles. The van der Waals surface area contributed by atoms with E-state index >= 15 is 0 Å². The van der Waals surface area contributed by atoms with E-state index in [-0.39, 0.29) is 17.6 Å². The number of hydrogen-bond donors (Lipinski definition) is 1. The number of fused-ring (bicyclic) bond motifs is 1. The molecule has 0 saturated carbocycles. The molecule has 2 atom stereocenters. The van der Waals surface area contributed by atoms with Crippen molar-refractivity contribution in [1.82, 2.24) is 9.55 Å². The second-order valence-electron chi connectivity index (χ2n) is 8.15. The molecule has 1 amide bonds. The Labute approximate surface area is 191 Å². The molecule has 32 heavy (non-hydrogen) atoms. The molecule has 0 spiro atoms. The van der Waals surface area contributed by atoms with E-state index in [0.29, 0.717) is 29.2 Å². The van der Waals surface area contributed by atoms with Gasteiger partial charge in [-0.15, -0.1) is 0 Å². The summed E-state index contributed by atoms with van der Waals surface area (Å²) in [7, 11) is 3.94. The number of carbonyl (C=O) groups is 1. The first-order chi connectivity index (χ1) is 15.4.